The van der Waals surface area contributed by atoms with E-state index < -0.39 is 0 Å². The number of hydrogen-bond donors (Lipinski definition) is 2. The van der Waals surface area contributed by atoms with Crippen LogP contribution in [0.3, 0.4) is 0 Å². The summed E-state index contributed by atoms with van der Waals surface area (Å²) >= 11 is 0. The number of methoxy groups -OCH3 is 1. The lowest BCUT2D eigenvalue weighted by Crippen LogP contribution is -2.02. The van der Waals surface area contributed by atoms with E-state index in [1.165, 1.54) is 5.56 Å². The molecule has 1 aromatic carbocycles. The van der Waals surface area contributed by atoms with Gasteiger partial charge in [-0.05, 0) is 36.8 Å². The van der Waals surface area contributed by atoms with Crippen LogP contribution >= 0.6 is 0 Å². The minimum absolute atomic E-state index is 0.748. The fraction of sp³-hybridized carbons (Fsp3) is 0.267. The fourth-order valence-electron chi connectivity index (χ4n) is 1.74. The van der Waals surface area contributed by atoms with E-state index in [-0.39, 0.29) is 0 Å². The maximum Gasteiger partial charge on any atom is 0.126 e. The van der Waals surface area contributed by atoms with Gasteiger partial charge in [0.2, 0.25) is 0 Å². The molecule has 4 nitrogen and oxygen atoms in total. The molecule has 2 N–H and O–H groups in total. The summed E-state index contributed by atoms with van der Waals surface area (Å²) < 4.78 is 5.13. The van der Waals surface area contributed by atoms with E-state index in [1.807, 2.05) is 42.6 Å². The number of pyridine rings is 1. The van der Waals surface area contributed by atoms with E-state index in [9.17, 15) is 0 Å². The molecule has 19 heavy (non-hydrogen) atoms. The third-order valence-corrected chi connectivity index (χ3v) is 2.78. The van der Waals surface area contributed by atoms with E-state index in [4.69, 9.17) is 4.74 Å². The molecule has 0 aliphatic heterocycles. The Bertz CT molecular complexity index is 494. The first-order valence-corrected chi connectivity index (χ1v) is 6.38. The minimum Gasteiger partial charge on any atom is -0.497 e. The van der Waals surface area contributed by atoms with Crippen LogP contribution in [0.5, 0.6) is 5.75 Å². The van der Waals surface area contributed by atoms with Crippen molar-refractivity contribution in [2.45, 2.75) is 13.5 Å². The number of aromatic nitrogens is 1. The molecule has 100 valence electrons. The van der Waals surface area contributed by atoms with Gasteiger partial charge in [-0.3, -0.25) is 0 Å². The first-order chi connectivity index (χ1) is 9.31. The summed E-state index contributed by atoms with van der Waals surface area (Å²) in [7, 11) is 1.67. The molecule has 0 saturated heterocycles. The van der Waals surface area contributed by atoms with Gasteiger partial charge >= 0.3 is 0 Å². The minimum atomic E-state index is 0.748. The number of anilines is 2. The van der Waals surface area contributed by atoms with Crippen molar-refractivity contribution in [3.8, 4) is 5.75 Å². The van der Waals surface area contributed by atoms with Crippen LogP contribution in [0.15, 0.2) is 42.6 Å². The number of nitrogens with zero attached hydrogens (tertiary/aromatic N) is 1. The third-order valence-electron chi connectivity index (χ3n) is 2.78. The summed E-state index contributed by atoms with van der Waals surface area (Å²) in [6.45, 7) is 3.72. The highest BCUT2D eigenvalue weighted by Crippen LogP contribution is 2.13. The summed E-state index contributed by atoms with van der Waals surface area (Å²) in [4.78, 5) is 4.35. The molecular formula is C15H19N3O. The summed E-state index contributed by atoms with van der Waals surface area (Å²) in [6.07, 6.45) is 1.83. The molecule has 1 heterocycles. The maximum absolute atomic E-state index is 5.13. The van der Waals surface area contributed by atoms with Gasteiger partial charge in [-0.2, -0.15) is 0 Å². The molecule has 0 fully saturated rings. The SMILES string of the molecule is CCNc1ccc(NCc2ccc(OC)cc2)nc1. The lowest BCUT2D eigenvalue weighted by Gasteiger charge is -2.08. The van der Waals surface area contributed by atoms with Crippen LogP contribution in [0.25, 0.3) is 0 Å². The van der Waals surface area contributed by atoms with E-state index in [2.05, 4.69) is 22.5 Å². The number of rotatable bonds is 6. The van der Waals surface area contributed by atoms with Crippen LogP contribution in [-0.4, -0.2) is 18.6 Å². The number of hydrogen-bond acceptors (Lipinski definition) is 4. The van der Waals surface area contributed by atoms with Crippen molar-refractivity contribution in [2.24, 2.45) is 0 Å². The van der Waals surface area contributed by atoms with Crippen molar-refractivity contribution < 1.29 is 4.74 Å². The fourth-order valence-corrected chi connectivity index (χ4v) is 1.74. The van der Waals surface area contributed by atoms with E-state index in [0.29, 0.717) is 0 Å². The van der Waals surface area contributed by atoms with Crippen LogP contribution in [0, 0.1) is 0 Å². The Labute approximate surface area is 113 Å². The Morgan fingerprint density at radius 3 is 2.42 bits per heavy atom. The molecule has 0 spiro atoms. The number of ether oxygens (including phenoxy) is 1. The predicted molar refractivity (Wildman–Crippen MR) is 78.7 cm³/mol. The molecule has 0 radical (unpaired) electrons. The van der Waals surface area contributed by atoms with Crippen molar-refractivity contribution in [3.05, 3.63) is 48.2 Å². The van der Waals surface area contributed by atoms with Crippen LogP contribution in [-0.2, 0) is 6.54 Å². The molecule has 1 aromatic heterocycles. The van der Waals surface area contributed by atoms with Crippen LogP contribution < -0.4 is 15.4 Å². The van der Waals surface area contributed by atoms with Gasteiger partial charge in [0.05, 0.1) is 19.0 Å². The molecule has 0 saturated carbocycles. The van der Waals surface area contributed by atoms with Gasteiger partial charge in [0.15, 0.2) is 0 Å². The number of nitrogens with one attached hydrogen (secondary N) is 2. The van der Waals surface area contributed by atoms with E-state index >= 15 is 0 Å². The molecule has 0 aliphatic rings. The van der Waals surface area contributed by atoms with E-state index in [1.54, 1.807) is 7.11 Å². The molecule has 0 unspecified atom stereocenters. The van der Waals surface area contributed by atoms with E-state index in [0.717, 1.165) is 30.3 Å². The molecule has 0 bridgehead atoms. The second-order valence-corrected chi connectivity index (χ2v) is 4.16. The zero-order chi connectivity index (χ0) is 13.5. The van der Waals surface area contributed by atoms with Gasteiger partial charge in [-0.1, -0.05) is 12.1 Å². The van der Waals surface area contributed by atoms with Gasteiger partial charge in [-0.15, -0.1) is 0 Å². The Morgan fingerprint density at radius 1 is 1.05 bits per heavy atom. The lowest BCUT2D eigenvalue weighted by atomic mass is 10.2. The highest BCUT2D eigenvalue weighted by molar-refractivity contribution is 5.47. The van der Waals surface area contributed by atoms with Gasteiger partial charge in [0.25, 0.3) is 0 Å². The molecule has 0 atom stereocenters. The second kappa shape index (κ2) is 6.64. The highest BCUT2D eigenvalue weighted by atomic mass is 16.5. The van der Waals surface area contributed by atoms with Gasteiger partial charge < -0.3 is 15.4 Å². The van der Waals surface area contributed by atoms with Crippen LogP contribution in [0.1, 0.15) is 12.5 Å². The monoisotopic (exact) mass is 257 g/mol. The largest absolute Gasteiger partial charge is 0.497 e. The average molecular weight is 257 g/mol. The van der Waals surface area contributed by atoms with Crippen LogP contribution in [0.2, 0.25) is 0 Å². The van der Waals surface area contributed by atoms with Gasteiger partial charge in [0, 0.05) is 13.1 Å². The normalized spacial score (nSPS) is 10.0. The lowest BCUT2D eigenvalue weighted by molar-refractivity contribution is 0.414. The van der Waals surface area contributed by atoms with Crippen molar-refractivity contribution in [1.82, 2.24) is 4.98 Å². The molecule has 0 aliphatic carbocycles. The zero-order valence-electron chi connectivity index (χ0n) is 11.3. The summed E-state index contributed by atoms with van der Waals surface area (Å²) in [5.74, 6) is 1.74. The summed E-state index contributed by atoms with van der Waals surface area (Å²) in [5.41, 5.74) is 2.23. The van der Waals surface area contributed by atoms with Crippen molar-refractivity contribution >= 4 is 11.5 Å². The Balaban J connectivity index is 1.90. The standard InChI is InChI=1S/C15H19N3O/c1-3-16-13-6-9-15(18-11-13)17-10-12-4-7-14(19-2)8-5-12/h4-9,11,16H,3,10H2,1-2H3,(H,17,18). The molecule has 0 amide bonds. The first kappa shape index (κ1) is 13.2. The van der Waals surface area contributed by atoms with Crippen molar-refractivity contribution in [3.63, 3.8) is 0 Å². The van der Waals surface area contributed by atoms with Crippen molar-refractivity contribution in [2.75, 3.05) is 24.3 Å². The quantitative estimate of drug-likeness (QED) is 0.834. The topological polar surface area (TPSA) is 46.2 Å². The maximum atomic E-state index is 5.13. The molecule has 2 aromatic rings. The third kappa shape index (κ3) is 3.88. The Hall–Kier alpha value is -2.23. The van der Waals surface area contributed by atoms with Gasteiger partial charge in [0.1, 0.15) is 11.6 Å². The summed E-state index contributed by atoms with van der Waals surface area (Å²) in [5, 5.41) is 6.51. The number of benzene rings is 1. The van der Waals surface area contributed by atoms with Crippen LogP contribution in [0.4, 0.5) is 11.5 Å². The smallest absolute Gasteiger partial charge is 0.126 e. The average Bonchev–Trinajstić information content (AvgIpc) is 2.47. The Morgan fingerprint density at radius 2 is 1.84 bits per heavy atom. The summed E-state index contributed by atoms with van der Waals surface area (Å²) in [6, 6.07) is 12.0. The molecule has 2 rings (SSSR count). The molecular weight excluding hydrogens is 238 g/mol. The second-order valence-electron chi connectivity index (χ2n) is 4.16. The Kier molecular flexibility index (Phi) is 4.61. The predicted octanol–water partition coefficient (Wildman–Crippen LogP) is 3.13. The van der Waals surface area contributed by atoms with Crippen molar-refractivity contribution in [1.29, 1.82) is 0 Å². The molecule has 4 heteroatoms. The zero-order valence-corrected chi connectivity index (χ0v) is 11.3. The van der Waals surface area contributed by atoms with Gasteiger partial charge in [-0.25, -0.2) is 4.98 Å². The highest BCUT2D eigenvalue weighted by Gasteiger charge is 1.97. The first-order valence-electron chi connectivity index (χ1n) is 6.38.